The highest BCUT2D eigenvalue weighted by molar-refractivity contribution is 8.05. The summed E-state index contributed by atoms with van der Waals surface area (Å²) in [6.45, 7) is 4.56. The van der Waals surface area contributed by atoms with Gasteiger partial charge < -0.3 is 10.6 Å². The molecule has 2 N–H and O–H groups in total. The molecule has 2 unspecified atom stereocenters. The SMILES string of the molecule is CC1(C2(C)Nc3ccccc3S2)Nc2ccccc2S1. The highest BCUT2D eigenvalue weighted by atomic mass is 32.2. The molecular formula is C16H16N2S2. The smallest absolute Gasteiger partial charge is 0.118 e. The van der Waals surface area contributed by atoms with Crippen molar-refractivity contribution >= 4 is 34.9 Å². The summed E-state index contributed by atoms with van der Waals surface area (Å²) in [5.74, 6) is 0. The van der Waals surface area contributed by atoms with Crippen molar-refractivity contribution < 1.29 is 0 Å². The molecule has 2 nitrogen and oxygen atoms in total. The first-order valence-electron chi connectivity index (χ1n) is 6.72. The zero-order chi connectivity index (χ0) is 13.8. The van der Waals surface area contributed by atoms with Crippen LogP contribution in [0.25, 0.3) is 0 Å². The maximum atomic E-state index is 3.71. The quantitative estimate of drug-likeness (QED) is 0.786. The van der Waals surface area contributed by atoms with Gasteiger partial charge in [0.1, 0.15) is 9.74 Å². The van der Waals surface area contributed by atoms with Gasteiger partial charge in [0.05, 0.1) is 0 Å². The van der Waals surface area contributed by atoms with Crippen molar-refractivity contribution in [3.8, 4) is 0 Å². The Labute approximate surface area is 127 Å². The summed E-state index contributed by atoms with van der Waals surface area (Å²) in [4.78, 5) is 2.49. The van der Waals surface area contributed by atoms with Crippen LogP contribution in [0.1, 0.15) is 13.8 Å². The number of para-hydroxylation sites is 2. The number of rotatable bonds is 1. The molecule has 0 aliphatic carbocycles. The van der Waals surface area contributed by atoms with Gasteiger partial charge in [0.2, 0.25) is 0 Å². The summed E-state index contributed by atoms with van der Waals surface area (Å²) in [7, 11) is 0. The van der Waals surface area contributed by atoms with Crippen LogP contribution in [0.2, 0.25) is 0 Å². The highest BCUT2D eigenvalue weighted by Crippen LogP contribution is 2.59. The minimum atomic E-state index is -0.0830. The summed E-state index contributed by atoms with van der Waals surface area (Å²) in [6.07, 6.45) is 0. The number of hydrogen-bond acceptors (Lipinski definition) is 4. The van der Waals surface area contributed by atoms with Crippen molar-refractivity contribution in [2.45, 2.75) is 33.4 Å². The summed E-state index contributed by atoms with van der Waals surface area (Å²) < 4.78 is 0. The fourth-order valence-electron chi connectivity index (χ4n) is 2.76. The van der Waals surface area contributed by atoms with E-state index < -0.39 is 0 Å². The second kappa shape index (κ2) is 4.12. The zero-order valence-electron chi connectivity index (χ0n) is 11.4. The molecule has 4 heteroatoms. The van der Waals surface area contributed by atoms with E-state index in [2.05, 4.69) is 73.0 Å². The fraction of sp³-hybridized carbons (Fsp3) is 0.250. The van der Waals surface area contributed by atoms with Crippen LogP contribution >= 0.6 is 23.5 Å². The standard InChI is InChI=1S/C16H16N2S2/c1-15(17-11-7-3-5-9-13(11)19-15)16(2)18-12-8-4-6-10-14(12)20-16/h3-10,17-18H,1-2H3. The Kier molecular flexibility index (Phi) is 2.57. The summed E-state index contributed by atoms with van der Waals surface area (Å²) >= 11 is 3.82. The van der Waals surface area contributed by atoms with Gasteiger partial charge in [-0.25, -0.2) is 0 Å². The Balaban J connectivity index is 1.70. The van der Waals surface area contributed by atoms with E-state index in [9.17, 15) is 0 Å². The lowest BCUT2D eigenvalue weighted by Crippen LogP contribution is -2.52. The molecule has 4 rings (SSSR count). The summed E-state index contributed by atoms with van der Waals surface area (Å²) in [5, 5.41) is 7.42. The largest absolute Gasteiger partial charge is 0.367 e. The lowest BCUT2D eigenvalue weighted by molar-refractivity contribution is 0.590. The molecule has 0 aromatic heterocycles. The van der Waals surface area contributed by atoms with E-state index in [0.717, 1.165) is 0 Å². The number of anilines is 2. The van der Waals surface area contributed by atoms with Crippen molar-refractivity contribution in [3.63, 3.8) is 0 Å². The van der Waals surface area contributed by atoms with Crippen molar-refractivity contribution in [3.05, 3.63) is 48.5 Å². The predicted molar refractivity (Wildman–Crippen MR) is 88.7 cm³/mol. The van der Waals surface area contributed by atoms with E-state index in [1.165, 1.54) is 21.2 Å². The Morgan fingerprint density at radius 2 is 1.10 bits per heavy atom. The van der Waals surface area contributed by atoms with Gasteiger partial charge in [-0.2, -0.15) is 0 Å². The lowest BCUT2D eigenvalue weighted by Gasteiger charge is -2.40. The number of benzene rings is 2. The van der Waals surface area contributed by atoms with Crippen molar-refractivity contribution in [1.29, 1.82) is 0 Å². The molecule has 0 amide bonds. The fourth-order valence-corrected chi connectivity index (χ4v) is 5.45. The monoisotopic (exact) mass is 300 g/mol. The second-order valence-corrected chi connectivity index (χ2v) is 8.43. The topological polar surface area (TPSA) is 24.1 Å². The third kappa shape index (κ3) is 1.68. The average molecular weight is 300 g/mol. The van der Waals surface area contributed by atoms with E-state index in [1.54, 1.807) is 0 Å². The van der Waals surface area contributed by atoms with Crippen LogP contribution in [-0.2, 0) is 0 Å². The third-order valence-electron chi connectivity index (χ3n) is 4.06. The van der Waals surface area contributed by atoms with Gasteiger partial charge in [0.15, 0.2) is 0 Å². The van der Waals surface area contributed by atoms with Crippen molar-refractivity contribution in [2.75, 3.05) is 10.6 Å². The predicted octanol–water partition coefficient (Wildman–Crippen LogP) is 4.85. The third-order valence-corrected chi connectivity index (χ3v) is 7.18. The Hall–Kier alpha value is -1.26. The van der Waals surface area contributed by atoms with Gasteiger partial charge in [-0.1, -0.05) is 47.8 Å². The molecule has 0 saturated carbocycles. The molecule has 2 aliphatic heterocycles. The van der Waals surface area contributed by atoms with Crippen LogP contribution in [0.5, 0.6) is 0 Å². The van der Waals surface area contributed by atoms with Crippen molar-refractivity contribution in [2.24, 2.45) is 0 Å². The van der Waals surface area contributed by atoms with Gasteiger partial charge >= 0.3 is 0 Å². The Morgan fingerprint density at radius 1 is 0.700 bits per heavy atom. The van der Waals surface area contributed by atoms with Crippen LogP contribution in [0, 0.1) is 0 Å². The normalized spacial score (nSPS) is 30.3. The maximum absolute atomic E-state index is 3.71. The van der Waals surface area contributed by atoms with Gasteiger partial charge in [-0.15, -0.1) is 0 Å². The molecule has 2 atom stereocenters. The number of fused-ring (bicyclic) bond motifs is 2. The molecule has 0 saturated heterocycles. The van der Waals surface area contributed by atoms with E-state index >= 15 is 0 Å². The molecule has 102 valence electrons. The molecule has 2 aromatic carbocycles. The van der Waals surface area contributed by atoms with Gasteiger partial charge in [0.25, 0.3) is 0 Å². The first-order valence-corrected chi connectivity index (χ1v) is 8.35. The Morgan fingerprint density at radius 3 is 1.50 bits per heavy atom. The molecule has 0 radical (unpaired) electrons. The molecule has 2 heterocycles. The van der Waals surface area contributed by atoms with Crippen LogP contribution in [-0.4, -0.2) is 9.74 Å². The van der Waals surface area contributed by atoms with Crippen molar-refractivity contribution in [1.82, 2.24) is 0 Å². The van der Waals surface area contributed by atoms with Crippen LogP contribution < -0.4 is 10.6 Å². The molecule has 20 heavy (non-hydrogen) atoms. The van der Waals surface area contributed by atoms with Gasteiger partial charge in [0, 0.05) is 21.2 Å². The van der Waals surface area contributed by atoms with E-state index in [1.807, 2.05) is 23.5 Å². The molecule has 2 aliphatic rings. The molecular weight excluding hydrogens is 284 g/mol. The maximum Gasteiger partial charge on any atom is 0.118 e. The van der Waals surface area contributed by atoms with E-state index in [0.29, 0.717) is 0 Å². The zero-order valence-corrected chi connectivity index (χ0v) is 13.1. The highest BCUT2D eigenvalue weighted by Gasteiger charge is 2.52. The molecule has 0 spiro atoms. The molecule has 0 bridgehead atoms. The van der Waals surface area contributed by atoms with Gasteiger partial charge in [-0.05, 0) is 38.1 Å². The lowest BCUT2D eigenvalue weighted by atomic mass is 10.1. The van der Waals surface area contributed by atoms with Crippen LogP contribution in [0.4, 0.5) is 11.4 Å². The summed E-state index contributed by atoms with van der Waals surface area (Å²) in [5.41, 5.74) is 2.47. The van der Waals surface area contributed by atoms with E-state index in [4.69, 9.17) is 0 Å². The minimum Gasteiger partial charge on any atom is -0.367 e. The second-order valence-electron chi connectivity index (χ2n) is 5.51. The average Bonchev–Trinajstić information content (AvgIpc) is 2.96. The van der Waals surface area contributed by atoms with Gasteiger partial charge in [-0.3, -0.25) is 0 Å². The number of nitrogens with one attached hydrogen (secondary N) is 2. The first kappa shape index (κ1) is 12.5. The molecule has 0 fully saturated rings. The minimum absolute atomic E-state index is 0.0830. The molecule has 2 aromatic rings. The number of hydrogen-bond donors (Lipinski definition) is 2. The first-order chi connectivity index (χ1) is 9.60. The van der Waals surface area contributed by atoms with E-state index in [-0.39, 0.29) is 9.74 Å². The van der Waals surface area contributed by atoms with Crippen LogP contribution in [0.15, 0.2) is 58.3 Å². The summed E-state index contributed by atoms with van der Waals surface area (Å²) in [6, 6.07) is 17.1. The van der Waals surface area contributed by atoms with Crippen LogP contribution in [0.3, 0.4) is 0 Å². The number of thioether (sulfide) groups is 2. The Bertz CT molecular complexity index is 574.